The highest BCUT2D eigenvalue weighted by atomic mass is 32.3. The number of hydroxylamine groups is 2. The molecule has 3 N–H and O–H groups in total. The zero-order chi connectivity index (χ0) is 34.6. The number of amides is 1. The molecule has 3 aromatic rings. The van der Waals surface area contributed by atoms with Crippen LogP contribution in [0.4, 0.5) is 5.13 Å². The summed E-state index contributed by atoms with van der Waals surface area (Å²) >= 11 is 1.07. The van der Waals surface area contributed by atoms with Gasteiger partial charge in [-0.15, -0.1) is 25.4 Å². The van der Waals surface area contributed by atoms with E-state index in [0.717, 1.165) is 41.9 Å². The van der Waals surface area contributed by atoms with E-state index in [1.54, 1.807) is 0 Å². The average molecular weight is 703 g/mol. The third-order valence-electron chi connectivity index (χ3n) is 7.84. The molecule has 0 radical (unpaired) electrons. The van der Waals surface area contributed by atoms with Crippen molar-refractivity contribution in [1.29, 1.82) is 0 Å². The fraction of sp³-hybridized carbons (Fsp3) is 0.448. The van der Waals surface area contributed by atoms with Gasteiger partial charge in [-0.3, -0.25) is 14.1 Å². The number of aromatic nitrogens is 3. The van der Waals surface area contributed by atoms with Crippen molar-refractivity contribution in [3.05, 3.63) is 47.7 Å². The number of ketones is 1. The molecule has 256 valence electrons. The molecular weight excluding hydrogens is 667 g/mol. The first-order valence-electron chi connectivity index (χ1n) is 15.0. The van der Waals surface area contributed by atoms with Gasteiger partial charge in [0.2, 0.25) is 12.3 Å². The summed E-state index contributed by atoms with van der Waals surface area (Å²) in [6, 6.07) is 7.56. The molecule has 2 aliphatic rings. The van der Waals surface area contributed by atoms with Gasteiger partial charge < -0.3 is 15.3 Å². The number of ether oxygens (including phenoxy) is 1. The van der Waals surface area contributed by atoms with Crippen molar-refractivity contribution in [2.45, 2.75) is 58.2 Å². The van der Waals surface area contributed by atoms with Crippen LogP contribution in [0.3, 0.4) is 0 Å². The number of nitrogen functional groups attached to an aromatic ring is 1. The number of rotatable bonds is 16. The van der Waals surface area contributed by atoms with Crippen LogP contribution in [0.25, 0.3) is 11.1 Å². The Hall–Kier alpha value is -4.59. The van der Waals surface area contributed by atoms with Gasteiger partial charge in [0.05, 0.1) is 29.8 Å². The molecular formula is C29H36N9O8S2+. The van der Waals surface area contributed by atoms with Crippen molar-refractivity contribution in [3.8, 4) is 16.9 Å². The average Bonchev–Trinajstić information content (AvgIpc) is 3.81. The Labute approximate surface area is 280 Å². The number of nitrogens with zero attached hydrogens (tertiary/aromatic N) is 8. The second kappa shape index (κ2) is 14.3. The first kappa shape index (κ1) is 34.7. The standard InChI is InChI=1S/C29H35N9O8S2/c1-5-6-11-37-14-19(13-36(37)4)18-7-9-20(10-8-18)44-15-24(26-31-17-32-34-26)45-35-25(22-16-47-28(30)33-22)23(39)12-21-27(40)38(29(21,2)3)46-48(41,42)43/h7-10,13-14,16,21,24H,5-6,11-12,15,17H2,1-4H3,(H2-,30,33,41,42,43)/p+1/b35-25-/t21-,24+/m1/s1. The molecule has 48 heavy (non-hydrogen) atoms. The number of thiazole rings is 1. The Balaban J connectivity index is 1.30. The number of benzene rings is 1. The molecule has 0 spiro atoms. The molecule has 4 heterocycles. The minimum atomic E-state index is -4.95. The lowest BCUT2D eigenvalue weighted by Gasteiger charge is -2.50. The number of carbonyl (C=O) groups is 2. The van der Waals surface area contributed by atoms with E-state index in [4.69, 9.17) is 19.9 Å². The fourth-order valence-electron chi connectivity index (χ4n) is 5.13. The molecule has 2 aliphatic heterocycles. The van der Waals surface area contributed by atoms with Gasteiger partial charge in [-0.05, 0) is 38.0 Å². The summed E-state index contributed by atoms with van der Waals surface area (Å²) < 4.78 is 46.0. The van der Waals surface area contributed by atoms with Crippen LogP contribution in [0.5, 0.6) is 5.75 Å². The molecule has 17 nitrogen and oxygen atoms in total. The molecule has 1 aromatic carbocycles. The lowest BCUT2D eigenvalue weighted by atomic mass is 9.74. The van der Waals surface area contributed by atoms with E-state index in [-0.39, 0.29) is 35.6 Å². The summed E-state index contributed by atoms with van der Waals surface area (Å²) in [7, 11) is -2.95. The molecule has 0 unspecified atom stereocenters. The highest BCUT2D eigenvalue weighted by Gasteiger charge is 2.57. The van der Waals surface area contributed by atoms with Crippen LogP contribution >= 0.6 is 11.3 Å². The van der Waals surface area contributed by atoms with Crippen LogP contribution in [-0.2, 0) is 42.7 Å². The number of amidine groups is 1. The molecule has 1 saturated heterocycles. The second-order valence-corrected chi connectivity index (χ2v) is 13.5. The summed E-state index contributed by atoms with van der Waals surface area (Å²) in [5.74, 6) is -1.70. The molecule has 5 rings (SSSR count). The van der Waals surface area contributed by atoms with Crippen LogP contribution in [-0.4, -0.2) is 75.9 Å². The van der Waals surface area contributed by atoms with Crippen molar-refractivity contribution < 1.29 is 41.1 Å². The number of hydrogen-bond acceptors (Lipinski definition) is 14. The molecule has 19 heteroatoms. The second-order valence-electron chi connectivity index (χ2n) is 11.6. The fourth-order valence-corrected chi connectivity index (χ4v) is 6.13. The van der Waals surface area contributed by atoms with Crippen LogP contribution in [0.1, 0.15) is 45.7 Å². The van der Waals surface area contributed by atoms with Gasteiger partial charge in [-0.2, -0.15) is 23.3 Å². The highest BCUT2D eigenvalue weighted by Crippen LogP contribution is 2.40. The molecule has 0 saturated carbocycles. The van der Waals surface area contributed by atoms with E-state index in [9.17, 15) is 18.0 Å². The van der Waals surface area contributed by atoms with Gasteiger partial charge in [0.1, 0.15) is 18.1 Å². The SMILES string of the molecule is CCCCn1cc(-c2ccc(OC[C@H](O/N=C(\C(=O)C[C@@H]3C(=O)N(OS(=O)(=O)O)C3(C)C)c3csc(N)n3)C3=NCN=N3)cc2)c[n+]1C. The molecule has 0 bridgehead atoms. The van der Waals surface area contributed by atoms with E-state index in [2.05, 4.69) is 58.3 Å². The van der Waals surface area contributed by atoms with E-state index >= 15 is 0 Å². The molecule has 1 fully saturated rings. The Bertz CT molecular complexity index is 1870. The van der Waals surface area contributed by atoms with Gasteiger partial charge in [-0.25, -0.2) is 9.98 Å². The highest BCUT2D eigenvalue weighted by molar-refractivity contribution is 7.80. The van der Waals surface area contributed by atoms with Crippen molar-refractivity contribution in [3.63, 3.8) is 0 Å². The smallest absolute Gasteiger partial charge is 0.418 e. The summed E-state index contributed by atoms with van der Waals surface area (Å²) in [6.45, 7) is 6.07. The van der Waals surface area contributed by atoms with Crippen LogP contribution in [0.2, 0.25) is 0 Å². The molecule has 0 aliphatic carbocycles. The maximum atomic E-state index is 13.5. The number of anilines is 1. The number of unbranched alkanes of at least 4 members (excludes halogenated alkanes) is 1. The number of aryl methyl sites for hydroxylation is 2. The van der Waals surface area contributed by atoms with E-state index in [1.807, 2.05) is 31.3 Å². The monoisotopic (exact) mass is 702 g/mol. The predicted octanol–water partition coefficient (Wildman–Crippen LogP) is 2.74. The van der Waals surface area contributed by atoms with Crippen LogP contribution in [0.15, 0.2) is 62.4 Å². The van der Waals surface area contributed by atoms with Gasteiger partial charge in [0, 0.05) is 11.8 Å². The summed E-state index contributed by atoms with van der Waals surface area (Å²) in [6.07, 6.45) is 5.00. The van der Waals surface area contributed by atoms with Gasteiger partial charge in [0.15, 0.2) is 36.2 Å². The largest absolute Gasteiger partial charge is 0.489 e. The Kier molecular flexibility index (Phi) is 10.3. The number of Topliss-reactive ketones (excluding diaryl/α,β-unsaturated/α-hetero) is 1. The minimum Gasteiger partial charge on any atom is -0.489 e. The number of azo groups is 1. The Morgan fingerprint density at radius 3 is 2.62 bits per heavy atom. The van der Waals surface area contributed by atoms with Gasteiger partial charge >= 0.3 is 10.4 Å². The summed E-state index contributed by atoms with van der Waals surface area (Å²) in [4.78, 5) is 40.4. The molecule has 2 atom stereocenters. The van der Waals surface area contributed by atoms with Gasteiger partial charge in [-0.1, -0.05) is 30.6 Å². The zero-order valence-corrected chi connectivity index (χ0v) is 28.3. The molecule has 1 amide bonds. The maximum absolute atomic E-state index is 13.5. The summed E-state index contributed by atoms with van der Waals surface area (Å²) in [5, 5.41) is 14.2. The first-order valence-corrected chi connectivity index (χ1v) is 17.2. The molecule has 2 aromatic heterocycles. The topological polar surface area (TPSA) is 217 Å². The van der Waals surface area contributed by atoms with Crippen molar-refractivity contribution in [2.75, 3.05) is 19.0 Å². The van der Waals surface area contributed by atoms with Gasteiger partial charge in [0.25, 0.3) is 5.91 Å². The number of carbonyl (C=O) groups excluding carboxylic acids is 2. The van der Waals surface area contributed by atoms with Crippen LogP contribution < -0.4 is 15.2 Å². The number of oxime groups is 1. The first-order chi connectivity index (χ1) is 22.8. The predicted molar refractivity (Wildman–Crippen MR) is 173 cm³/mol. The van der Waals surface area contributed by atoms with E-state index in [1.165, 1.54) is 19.2 Å². The Morgan fingerprint density at radius 2 is 2.02 bits per heavy atom. The lowest BCUT2D eigenvalue weighted by Crippen LogP contribution is -2.68. The van der Waals surface area contributed by atoms with Crippen molar-refractivity contribution in [1.82, 2.24) is 14.7 Å². The maximum Gasteiger partial charge on any atom is 0.418 e. The lowest BCUT2D eigenvalue weighted by molar-refractivity contribution is -0.753. The van der Waals surface area contributed by atoms with E-state index in [0.29, 0.717) is 10.8 Å². The third kappa shape index (κ3) is 7.92. The Morgan fingerprint density at radius 1 is 1.27 bits per heavy atom. The minimum absolute atomic E-state index is 0.0835. The number of β-lactam (4-membered cyclic amide) rings is 1. The quantitative estimate of drug-likeness (QED) is 0.0731. The number of hydrogen-bond donors (Lipinski definition) is 2. The summed E-state index contributed by atoms with van der Waals surface area (Å²) in [5.41, 5.74) is 6.53. The number of nitrogens with two attached hydrogens (primary N) is 1. The van der Waals surface area contributed by atoms with Crippen LogP contribution in [0, 0.1) is 5.92 Å². The third-order valence-corrected chi connectivity index (χ3v) is 8.85. The normalized spacial score (nSPS) is 18.1. The van der Waals surface area contributed by atoms with Crippen molar-refractivity contribution in [2.24, 2.45) is 33.3 Å². The zero-order valence-electron chi connectivity index (χ0n) is 26.7. The number of aliphatic imine (C=N–C) groups is 1. The van der Waals surface area contributed by atoms with E-state index < -0.39 is 46.1 Å². The van der Waals surface area contributed by atoms with Crippen molar-refractivity contribution >= 4 is 50.1 Å².